The minimum absolute atomic E-state index is 0.00702. The van der Waals surface area contributed by atoms with Crippen LogP contribution in [0.2, 0.25) is 0 Å². The molecule has 0 aliphatic rings. The zero-order chi connectivity index (χ0) is 28.1. The maximum absolute atomic E-state index is 13.0. The van der Waals surface area contributed by atoms with Gasteiger partial charge in [0.05, 0.1) is 12.5 Å². The van der Waals surface area contributed by atoms with E-state index < -0.39 is 60.2 Å². The molecule has 3 amide bonds. The van der Waals surface area contributed by atoms with Crippen LogP contribution in [0.25, 0.3) is 0 Å². The van der Waals surface area contributed by atoms with Crippen LogP contribution in [0.5, 0.6) is 5.75 Å². The summed E-state index contributed by atoms with van der Waals surface area (Å²) >= 11 is 1.48. The van der Waals surface area contributed by atoms with E-state index in [1.165, 1.54) is 36.0 Å². The van der Waals surface area contributed by atoms with Crippen molar-refractivity contribution in [1.29, 1.82) is 0 Å². The Morgan fingerprint density at radius 3 is 1.95 bits per heavy atom. The van der Waals surface area contributed by atoms with Crippen LogP contribution in [-0.4, -0.2) is 81.2 Å². The number of phenols is 1. The molecule has 12 nitrogen and oxygen atoms in total. The van der Waals surface area contributed by atoms with Crippen molar-refractivity contribution >= 4 is 41.4 Å². The smallest absolute Gasteiger partial charge is 0.326 e. The van der Waals surface area contributed by atoms with Crippen molar-refractivity contribution in [3.63, 3.8) is 0 Å². The largest absolute Gasteiger partial charge is 0.508 e. The first kappa shape index (κ1) is 31.7. The third-order valence-electron chi connectivity index (χ3n) is 5.31. The van der Waals surface area contributed by atoms with Gasteiger partial charge in [-0.05, 0) is 48.5 Å². The Balaban J connectivity index is 3.00. The highest BCUT2D eigenvalue weighted by Gasteiger charge is 2.31. The third-order valence-corrected chi connectivity index (χ3v) is 5.96. The van der Waals surface area contributed by atoms with Crippen molar-refractivity contribution in [1.82, 2.24) is 16.0 Å². The normalized spacial score (nSPS) is 14.2. The number of aromatic hydroxyl groups is 1. The molecule has 1 aromatic rings. The maximum Gasteiger partial charge on any atom is 0.326 e. The van der Waals surface area contributed by atoms with Gasteiger partial charge < -0.3 is 37.0 Å². The minimum Gasteiger partial charge on any atom is -0.508 e. The fourth-order valence-electron chi connectivity index (χ4n) is 3.35. The molecule has 0 aliphatic heterocycles. The molecule has 0 aromatic heterocycles. The van der Waals surface area contributed by atoms with Gasteiger partial charge in [0.15, 0.2) is 0 Å². The number of hydrogen-bond acceptors (Lipinski definition) is 8. The molecule has 0 radical (unpaired) electrons. The van der Waals surface area contributed by atoms with Crippen molar-refractivity contribution in [3.8, 4) is 5.75 Å². The highest BCUT2D eigenvalue weighted by Crippen LogP contribution is 2.12. The molecule has 4 unspecified atom stereocenters. The van der Waals surface area contributed by atoms with Crippen LogP contribution in [0.15, 0.2) is 24.3 Å². The van der Waals surface area contributed by atoms with E-state index in [4.69, 9.17) is 5.73 Å². The van der Waals surface area contributed by atoms with Crippen molar-refractivity contribution in [2.45, 2.75) is 63.7 Å². The fourth-order valence-corrected chi connectivity index (χ4v) is 3.84. The van der Waals surface area contributed by atoms with E-state index in [2.05, 4.69) is 16.0 Å². The summed E-state index contributed by atoms with van der Waals surface area (Å²) in [7, 11) is 0. The molecule has 0 bridgehead atoms. The van der Waals surface area contributed by atoms with Gasteiger partial charge >= 0.3 is 11.9 Å². The van der Waals surface area contributed by atoms with E-state index in [0.29, 0.717) is 17.7 Å². The number of amides is 3. The lowest BCUT2D eigenvalue weighted by Crippen LogP contribution is -2.58. The average Bonchev–Trinajstić information content (AvgIpc) is 2.81. The molecule has 0 saturated carbocycles. The van der Waals surface area contributed by atoms with E-state index in [1.54, 1.807) is 13.8 Å². The number of carboxylic acids is 2. The topological polar surface area (TPSA) is 208 Å². The summed E-state index contributed by atoms with van der Waals surface area (Å²) < 4.78 is 0. The monoisotopic (exact) mass is 540 g/mol. The van der Waals surface area contributed by atoms with Gasteiger partial charge in [-0.15, -0.1) is 0 Å². The van der Waals surface area contributed by atoms with Crippen molar-refractivity contribution in [2.24, 2.45) is 11.7 Å². The molecule has 13 heteroatoms. The molecule has 0 aliphatic carbocycles. The summed E-state index contributed by atoms with van der Waals surface area (Å²) in [6.45, 7) is 3.58. The summed E-state index contributed by atoms with van der Waals surface area (Å²) in [6.07, 6.45) is 1.48. The Labute approximate surface area is 219 Å². The van der Waals surface area contributed by atoms with E-state index in [0.717, 1.165) is 0 Å². The van der Waals surface area contributed by atoms with Gasteiger partial charge in [0.1, 0.15) is 23.9 Å². The molecule has 0 fully saturated rings. The van der Waals surface area contributed by atoms with Gasteiger partial charge in [-0.25, -0.2) is 4.79 Å². The predicted octanol–water partition coefficient (Wildman–Crippen LogP) is 0.0749. The van der Waals surface area contributed by atoms with Gasteiger partial charge in [0.25, 0.3) is 0 Å². The number of phenolic OH excluding ortho intramolecular Hbond substituents is 1. The molecule has 4 atom stereocenters. The first-order valence-corrected chi connectivity index (χ1v) is 13.1. The molecular weight excluding hydrogens is 504 g/mol. The molecule has 8 N–H and O–H groups in total. The Hall–Kier alpha value is -3.32. The highest BCUT2D eigenvalue weighted by atomic mass is 32.2. The number of thioether (sulfide) groups is 1. The third kappa shape index (κ3) is 12.0. The van der Waals surface area contributed by atoms with Gasteiger partial charge in [-0.1, -0.05) is 26.0 Å². The summed E-state index contributed by atoms with van der Waals surface area (Å²) in [5, 5.41) is 35.4. The summed E-state index contributed by atoms with van der Waals surface area (Å²) in [5.41, 5.74) is 6.37. The van der Waals surface area contributed by atoms with Crippen molar-refractivity contribution in [3.05, 3.63) is 29.8 Å². The number of carboxylic acid groups (broad SMARTS) is 2. The average molecular weight is 541 g/mol. The number of carbonyl (C=O) groups excluding carboxylic acids is 3. The number of rotatable bonds is 16. The van der Waals surface area contributed by atoms with E-state index in [-0.39, 0.29) is 24.5 Å². The van der Waals surface area contributed by atoms with E-state index in [1.807, 2.05) is 6.26 Å². The number of aliphatic carboxylic acids is 2. The Bertz CT molecular complexity index is 941. The number of nitrogens with two attached hydrogens (primary N) is 1. The molecule has 206 valence electrons. The molecular formula is C24H36N4O8S. The lowest BCUT2D eigenvalue weighted by Gasteiger charge is -2.25. The second kappa shape index (κ2) is 15.7. The van der Waals surface area contributed by atoms with Crippen LogP contribution in [0.4, 0.5) is 0 Å². The summed E-state index contributed by atoms with van der Waals surface area (Å²) in [6, 6.07) is 0.883. The molecule has 1 aromatic carbocycles. The molecule has 0 spiro atoms. The first-order chi connectivity index (χ1) is 17.3. The first-order valence-electron chi connectivity index (χ1n) is 11.7. The fraction of sp³-hybridized carbons (Fsp3) is 0.542. The van der Waals surface area contributed by atoms with Crippen LogP contribution >= 0.6 is 11.8 Å². The van der Waals surface area contributed by atoms with Gasteiger partial charge in [0.2, 0.25) is 17.7 Å². The zero-order valence-corrected chi connectivity index (χ0v) is 21.9. The zero-order valence-electron chi connectivity index (χ0n) is 21.1. The number of hydrogen-bond donors (Lipinski definition) is 7. The molecule has 0 saturated heterocycles. The molecule has 37 heavy (non-hydrogen) atoms. The Morgan fingerprint density at radius 2 is 1.43 bits per heavy atom. The second-order valence-corrected chi connectivity index (χ2v) is 9.99. The Kier molecular flexibility index (Phi) is 13.5. The van der Waals surface area contributed by atoms with Crippen LogP contribution in [0.1, 0.15) is 38.7 Å². The van der Waals surface area contributed by atoms with Crippen molar-refractivity contribution in [2.75, 3.05) is 12.0 Å². The Morgan fingerprint density at radius 1 is 0.892 bits per heavy atom. The number of nitrogens with one attached hydrogen (secondary N) is 3. The molecule has 1 rings (SSSR count). The predicted molar refractivity (Wildman–Crippen MR) is 138 cm³/mol. The van der Waals surface area contributed by atoms with Crippen LogP contribution in [0, 0.1) is 5.92 Å². The maximum atomic E-state index is 13.0. The summed E-state index contributed by atoms with van der Waals surface area (Å²) in [4.78, 5) is 61.4. The SMILES string of the molecule is CSCCC(N)C(=O)NC(CC(=O)O)C(=O)NC(CC(C)C)C(=O)NC(Cc1ccc(O)cc1)C(=O)O. The number of benzene rings is 1. The van der Waals surface area contributed by atoms with Gasteiger partial charge in [0, 0.05) is 6.42 Å². The van der Waals surface area contributed by atoms with Crippen LogP contribution in [-0.2, 0) is 30.4 Å². The second-order valence-electron chi connectivity index (χ2n) is 9.01. The highest BCUT2D eigenvalue weighted by molar-refractivity contribution is 7.98. The van der Waals surface area contributed by atoms with Crippen LogP contribution in [0.3, 0.4) is 0 Å². The van der Waals surface area contributed by atoms with Gasteiger partial charge in [-0.3, -0.25) is 19.2 Å². The quantitative estimate of drug-likeness (QED) is 0.150. The van der Waals surface area contributed by atoms with E-state index in [9.17, 15) is 39.3 Å². The van der Waals surface area contributed by atoms with Crippen LogP contribution < -0.4 is 21.7 Å². The number of carbonyl (C=O) groups is 5. The standard InChI is InChI=1S/C24H36N4O8S/c1-13(2)10-17(22(33)28-19(24(35)36)11-14-4-6-15(29)7-5-14)27-23(34)18(12-20(30)31)26-21(32)16(25)8-9-37-3/h4-7,13,16-19,29H,8-12,25H2,1-3H3,(H,26,32)(H,27,34)(H,28,33)(H,30,31)(H,35,36). The van der Waals surface area contributed by atoms with Gasteiger partial charge in [-0.2, -0.15) is 11.8 Å². The molecule has 0 heterocycles. The minimum atomic E-state index is -1.49. The summed E-state index contributed by atoms with van der Waals surface area (Å²) in [5.74, 6) is -4.51. The van der Waals surface area contributed by atoms with Crippen molar-refractivity contribution < 1.29 is 39.3 Å². The lowest BCUT2D eigenvalue weighted by molar-refractivity contribution is -0.143. The van der Waals surface area contributed by atoms with E-state index >= 15 is 0 Å². The lowest BCUT2D eigenvalue weighted by atomic mass is 10.0.